The van der Waals surface area contributed by atoms with Gasteiger partial charge in [-0.1, -0.05) is 0 Å². The molecule has 2 rings (SSSR count). The van der Waals surface area contributed by atoms with Crippen LogP contribution in [0.1, 0.15) is 5.56 Å². The van der Waals surface area contributed by atoms with E-state index in [1.54, 1.807) is 6.07 Å². The van der Waals surface area contributed by atoms with Crippen LogP contribution in [0.4, 0.5) is 17.5 Å². The first kappa shape index (κ1) is 14.8. The molecule has 10 heteroatoms. The number of phenols is 1. The molecule has 0 atom stereocenters. The number of nitro benzene ring substituents is 1. The Hall–Kier alpha value is -3.61. The predicted octanol–water partition coefficient (Wildman–Crippen LogP) is 0.802. The van der Waals surface area contributed by atoms with E-state index >= 15 is 0 Å². The van der Waals surface area contributed by atoms with Gasteiger partial charge >= 0.3 is 5.69 Å². The molecule has 22 heavy (non-hydrogen) atoms. The Morgan fingerprint density at radius 1 is 1.41 bits per heavy atom. The third-order valence-electron chi connectivity index (χ3n) is 2.82. The Kier molecular flexibility index (Phi) is 3.64. The third kappa shape index (κ3) is 2.38. The number of nitro groups is 1. The number of hydrogen-bond acceptors (Lipinski definition) is 9. The van der Waals surface area contributed by atoms with Crippen LogP contribution in [0.25, 0.3) is 11.3 Å². The quantitative estimate of drug-likeness (QED) is 0.546. The first-order chi connectivity index (χ1) is 10.4. The maximum absolute atomic E-state index is 11.0. The van der Waals surface area contributed by atoms with Gasteiger partial charge < -0.3 is 21.3 Å². The molecular weight excluding hydrogens is 292 g/mol. The van der Waals surface area contributed by atoms with Gasteiger partial charge in [-0.25, -0.2) is 4.98 Å². The summed E-state index contributed by atoms with van der Waals surface area (Å²) in [6, 6.07) is 4.10. The van der Waals surface area contributed by atoms with Crippen LogP contribution in [0.2, 0.25) is 0 Å². The van der Waals surface area contributed by atoms with Gasteiger partial charge in [-0.2, -0.15) is 10.2 Å². The molecule has 0 aliphatic rings. The molecule has 0 amide bonds. The summed E-state index contributed by atoms with van der Waals surface area (Å²) in [6.07, 6.45) is 0. The van der Waals surface area contributed by atoms with Gasteiger partial charge in [0.05, 0.1) is 29.4 Å². The predicted molar refractivity (Wildman–Crippen MR) is 75.9 cm³/mol. The minimum Gasteiger partial charge on any atom is -0.502 e. The lowest BCUT2D eigenvalue weighted by Gasteiger charge is -2.10. The van der Waals surface area contributed by atoms with Crippen molar-refractivity contribution >= 4 is 17.5 Å². The average Bonchev–Trinajstić information content (AvgIpc) is 2.46. The van der Waals surface area contributed by atoms with Crippen LogP contribution in [0.15, 0.2) is 12.1 Å². The van der Waals surface area contributed by atoms with E-state index in [0.717, 1.165) is 6.07 Å². The Bertz CT molecular complexity index is 814. The van der Waals surface area contributed by atoms with Crippen molar-refractivity contribution in [3.8, 4) is 28.8 Å². The van der Waals surface area contributed by atoms with Crippen LogP contribution in [0.3, 0.4) is 0 Å². The minimum absolute atomic E-state index is 0.0964. The standard InChI is InChI=1S/C12H10N6O4/c1-22-5-2-6(10(19)8(3-5)18(20)21)9-7(4-13)11(14)17-12(15)16-9/h2-3,19H,1H3,(H4,14,15,16,17). The highest BCUT2D eigenvalue weighted by Gasteiger charge is 2.24. The molecule has 0 fully saturated rings. The molecule has 1 aromatic carbocycles. The Morgan fingerprint density at radius 3 is 2.64 bits per heavy atom. The summed E-state index contributed by atoms with van der Waals surface area (Å²) >= 11 is 0. The molecule has 0 bridgehead atoms. The number of aromatic hydroxyl groups is 1. The highest BCUT2D eigenvalue weighted by Crippen LogP contribution is 2.41. The summed E-state index contributed by atoms with van der Waals surface area (Å²) in [4.78, 5) is 17.7. The number of nitrogen functional groups attached to an aromatic ring is 2. The van der Waals surface area contributed by atoms with E-state index in [0.29, 0.717) is 0 Å². The molecule has 5 N–H and O–H groups in total. The molecule has 1 aromatic heterocycles. The zero-order valence-corrected chi connectivity index (χ0v) is 11.3. The monoisotopic (exact) mass is 302 g/mol. The number of nitrogens with zero attached hydrogens (tertiary/aromatic N) is 4. The van der Waals surface area contributed by atoms with Crippen LogP contribution >= 0.6 is 0 Å². The number of benzene rings is 1. The second-order valence-corrected chi connectivity index (χ2v) is 4.10. The van der Waals surface area contributed by atoms with Crippen LogP contribution in [-0.2, 0) is 0 Å². The molecule has 0 aliphatic heterocycles. The van der Waals surface area contributed by atoms with E-state index in [1.165, 1.54) is 13.2 Å². The maximum atomic E-state index is 11.0. The van der Waals surface area contributed by atoms with E-state index in [1.807, 2.05) is 0 Å². The van der Waals surface area contributed by atoms with Crippen molar-refractivity contribution in [2.45, 2.75) is 0 Å². The summed E-state index contributed by atoms with van der Waals surface area (Å²) in [6.45, 7) is 0. The van der Waals surface area contributed by atoms with Gasteiger partial charge in [-0.3, -0.25) is 10.1 Å². The number of methoxy groups -OCH3 is 1. The van der Waals surface area contributed by atoms with Gasteiger partial charge in [0, 0.05) is 0 Å². The SMILES string of the molecule is COc1cc(-c2nc(N)nc(N)c2C#N)c(O)c([N+](=O)[O-])c1. The number of rotatable bonds is 3. The number of hydrogen-bond donors (Lipinski definition) is 3. The molecule has 1 heterocycles. The normalized spacial score (nSPS) is 10.0. The highest BCUT2D eigenvalue weighted by molar-refractivity contribution is 5.81. The molecule has 112 valence electrons. The maximum Gasteiger partial charge on any atom is 0.315 e. The van der Waals surface area contributed by atoms with Crippen molar-refractivity contribution < 1.29 is 14.8 Å². The first-order valence-electron chi connectivity index (χ1n) is 5.77. The van der Waals surface area contributed by atoms with Gasteiger partial charge in [0.15, 0.2) is 0 Å². The molecule has 0 unspecified atom stereocenters. The van der Waals surface area contributed by atoms with Gasteiger partial charge in [-0.05, 0) is 6.07 Å². The summed E-state index contributed by atoms with van der Waals surface area (Å²) in [5.41, 5.74) is 10.1. The molecule has 0 spiro atoms. The topological polar surface area (TPSA) is 174 Å². The molecule has 0 saturated heterocycles. The third-order valence-corrected chi connectivity index (χ3v) is 2.82. The number of phenolic OH excluding ortho intramolecular Hbond substituents is 1. The van der Waals surface area contributed by atoms with Crippen molar-refractivity contribution in [1.82, 2.24) is 9.97 Å². The molecule has 0 radical (unpaired) electrons. The fourth-order valence-corrected chi connectivity index (χ4v) is 1.83. The summed E-state index contributed by atoms with van der Waals surface area (Å²) in [5.74, 6) is -1.02. The number of nitrogens with two attached hydrogens (primary N) is 2. The van der Waals surface area contributed by atoms with Crippen LogP contribution in [0, 0.1) is 21.4 Å². The van der Waals surface area contributed by atoms with Crippen LogP contribution in [-0.4, -0.2) is 27.1 Å². The van der Waals surface area contributed by atoms with E-state index < -0.39 is 16.4 Å². The number of ether oxygens (including phenoxy) is 1. The fraction of sp³-hybridized carbons (Fsp3) is 0.0833. The lowest BCUT2D eigenvalue weighted by molar-refractivity contribution is -0.385. The van der Waals surface area contributed by atoms with E-state index in [4.69, 9.17) is 21.5 Å². The van der Waals surface area contributed by atoms with Gasteiger partial charge in [0.25, 0.3) is 0 Å². The Labute approximate surface area is 123 Å². The average molecular weight is 302 g/mol. The largest absolute Gasteiger partial charge is 0.502 e. The van der Waals surface area contributed by atoms with Gasteiger partial charge in [0.1, 0.15) is 23.2 Å². The Balaban J connectivity index is 2.86. The molecule has 2 aromatic rings. The summed E-state index contributed by atoms with van der Waals surface area (Å²) in [7, 11) is 1.30. The molecule has 0 aliphatic carbocycles. The zero-order valence-electron chi connectivity index (χ0n) is 11.3. The fourth-order valence-electron chi connectivity index (χ4n) is 1.83. The van der Waals surface area contributed by atoms with Crippen molar-refractivity contribution in [2.75, 3.05) is 18.6 Å². The van der Waals surface area contributed by atoms with E-state index in [2.05, 4.69) is 9.97 Å². The molecular formula is C12H10N6O4. The van der Waals surface area contributed by atoms with Crippen LogP contribution < -0.4 is 16.2 Å². The van der Waals surface area contributed by atoms with Crippen molar-refractivity contribution in [2.24, 2.45) is 0 Å². The van der Waals surface area contributed by atoms with Crippen molar-refractivity contribution in [3.05, 3.63) is 27.8 Å². The molecule has 0 saturated carbocycles. The van der Waals surface area contributed by atoms with E-state index in [9.17, 15) is 15.2 Å². The lowest BCUT2D eigenvalue weighted by Crippen LogP contribution is -2.05. The van der Waals surface area contributed by atoms with E-state index in [-0.39, 0.29) is 34.3 Å². The van der Waals surface area contributed by atoms with Gasteiger partial charge in [0.2, 0.25) is 11.7 Å². The minimum atomic E-state index is -0.790. The second-order valence-electron chi connectivity index (χ2n) is 4.10. The van der Waals surface area contributed by atoms with Crippen LogP contribution in [0.5, 0.6) is 11.5 Å². The number of nitriles is 1. The number of aromatic nitrogens is 2. The summed E-state index contributed by atoms with van der Waals surface area (Å²) < 4.78 is 4.95. The van der Waals surface area contributed by atoms with Gasteiger partial charge in [-0.15, -0.1) is 0 Å². The van der Waals surface area contributed by atoms with Crippen molar-refractivity contribution in [1.29, 1.82) is 5.26 Å². The smallest absolute Gasteiger partial charge is 0.315 e. The molecule has 10 nitrogen and oxygen atoms in total. The first-order valence-corrected chi connectivity index (χ1v) is 5.77. The second kappa shape index (κ2) is 5.41. The zero-order chi connectivity index (χ0) is 16.4. The summed E-state index contributed by atoms with van der Waals surface area (Å²) in [5, 5.41) is 30.2. The Morgan fingerprint density at radius 2 is 2.09 bits per heavy atom. The van der Waals surface area contributed by atoms with Crippen molar-refractivity contribution in [3.63, 3.8) is 0 Å². The highest BCUT2D eigenvalue weighted by atomic mass is 16.6. The lowest BCUT2D eigenvalue weighted by atomic mass is 10.0. The number of anilines is 2.